The number of hydrogen-bond donors (Lipinski definition) is 1. The van der Waals surface area contributed by atoms with Crippen molar-refractivity contribution < 1.29 is 4.74 Å². The van der Waals surface area contributed by atoms with Crippen LogP contribution in [-0.2, 0) is 4.74 Å². The molecule has 0 fully saturated rings. The zero-order chi connectivity index (χ0) is 12.8. The zero-order valence-electron chi connectivity index (χ0n) is 12.1. The molecule has 0 rings (SSSR count). The van der Waals surface area contributed by atoms with Crippen molar-refractivity contribution in [2.24, 2.45) is 5.41 Å². The molecule has 0 aromatic carbocycles. The molecule has 98 valence electrons. The lowest BCUT2D eigenvalue weighted by atomic mass is 9.85. The minimum Gasteiger partial charge on any atom is -0.383 e. The van der Waals surface area contributed by atoms with Crippen molar-refractivity contribution in [3.63, 3.8) is 0 Å². The number of hydrogen-bond acceptors (Lipinski definition) is 3. The lowest BCUT2D eigenvalue weighted by Gasteiger charge is -2.33. The lowest BCUT2D eigenvalue weighted by molar-refractivity contribution is 0.109. The molecule has 3 heteroatoms. The summed E-state index contributed by atoms with van der Waals surface area (Å²) in [5, 5.41) is 3.41. The van der Waals surface area contributed by atoms with E-state index in [9.17, 15) is 0 Å². The van der Waals surface area contributed by atoms with Gasteiger partial charge < -0.3 is 15.0 Å². The molecule has 3 nitrogen and oxygen atoms in total. The van der Waals surface area contributed by atoms with Crippen LogP contribution in [0.2, 0.25) is 0 Å². The molecule has 0 aromatic heterocycles. The molecular formula is C13H30N2O. The number of methoxy groups -OCH3 is 1. The van der Waals surface area contributed by atoms with Crippen molar-refractivity contribution in [1.29, 1.82) is 0 Å². The van der Waals surface area contributed by atoms with Crippen molar-refractivity contribution in [2.45, 2.75) is 46.2 Å². The predicted octanol–water partition coefficient (Wildman–Crippen LogP) is 1.98. The Morgan fingerprint density at radius 1 is 1.31 bits per heavy atom. The third kappa shape index (κ3) is 5.83. The second-order valence-electron chi connectivity index (χ2n) is 5.78. The van der Waals surface area contributed by atoms with Crippen molar-refractivity contribution in [2.75, 3.05) is 34.4 Å². The van der Waals surface area contributed by atoms with Gasteiger partial charge >= 0.3 is 0 Å². The monoisotopic (exact) mass is 230 g/mol. The van der Waals surface area contributed by atoms with Crippen LogP contribution in [0.4, 0.5) is 0 Å². The van der Waals surface area contributed by atoms with Crippen LogP contribution in [0.1, 0.15) is 34.1 Å². The lowest BCUT2D eigenvalue weighted by Crippen LogP contribution is -2.42. The third-order valence-corrected chi connectivity index (χ3v) is 3.32. The fraction of sp³-hybridized carbons (Fsp3) is 1.00. The van der Waals surface area contributed by atoms with Crippen LogP contribution >= 0.6 is 0 Å². The van der Waals surface area contributed by atoms with Gasteiger partial charge in [-0.05, 0) is 39.4 Å². The fourth-order valence-electron chi connectivity index (χ4n) is 1.93. The van der Waals surface area contributed by atoms with Crippen LogP contribution in [-0.4, -0.2) is 51.3 Å². The van der Waals surface area contributed by atoms with E-state index in [1.54, 1.807) is 7.11 Å². The van der Waals surface area contributed by atoms with E-state index in [0.29, 0.717) is 17.5 Å². The molecule has 0 aliphatic heterocycles. The molecule has 2 atom stereocenters. The van der Waals surface area contributed by atoms with Gasteiger partial charge in [0.1, 0.15) is 0 Å². The van der Waals surface area contributed by atoms with Gasteiger partial charge in [-0.3, -0.25) is 0 Å². The normalized spacial score (nSPS) is 16.5. The molecule has 2 unspecified atom stereocenters. The maximum absolute atomic E-state index is 5.17. The Balaban J connectivity index is 4.02. The fourth-order valence-corrected chi connectivity index (χ4v) is 1.93. The van der Waals surface area contributed by atoms with Crippen molar-refractivity contribution >= 4 is 0 Å². The van der Waals surface area contributed by atoms with Crippen LogP contribution in [0.25, 0.3) is 0 Å². The molecule has 0 saturated heterocycles. The first-order valence-electron chi connectivity index (χ1n) is 6.19. The molecule has 0 saturated carbocycles. The van der Waals surface area contributed by atoms with Crippen molar-refractivity contribution in [3.05, 3.63) is 0 Å². The summed E-state index contributed by atoms with van der Waals surface area (Å²) in [6, 6.07) is 1.05. The molecule has 16 heavy (non-hydrogen) atoms. The smallest absolute Gasteiger partial charge is 0.0615 e. The number of rotatable bonds is 7. The first-order chi connectivity index (χ1) is 7.32. The summed E-state index contributed by atoms with van der Waals surface area (Å²) >= 11 is 0. The first-order valence-corrected chi connectivity index (χ1v) is 6.19. The van der Waals surface area contributed by atoms with Gasteiger partial charge in [-0.2, -0.15) is 0 Å². The Morgan fingerprint density at radius 2 is 1.88 bits per heavy atom. The molecule has 0 amide bonds. The summed E-state index contributed by atoms with van der Waals surface area (Å²) in [6.07, 6.45) is 1.17. The highest BCUT2D eigenvalue weighted by molar-refractivity contribution is 4.80. The van der Waals surface area contributed by atoms with Crippen LogP contribution in [0.5, 0.6) is 0 Å². The Kier molecular flexibility index (Phi) is 7.20. The average molecular weight is 230 g/mol. The topological polar surface area (TPSA) is 24.5 Å². The van der Waals surface area contributed by atoms with Crippen molar-refractivity contribution in [3.8, 4) is 0 Å². The van der Waals surface area contributed by atoms with Crippen LogP contribution < -0.4 is 5.32 Å². The van der Waals surface area contributed by atoms with Gasteiger partial charge in [-0.1, -0.05) is 20.8 Å². The molecule has 0 heterocycles. The third-order valence-electron chi connectivity index (χ3n) is 3.32. The van der Waals surface area contributed by atoms with E-state index in [0.717, 1.165) is 13.2 Å². The van der Waals surface area contributed by atoms with Gasteiger partial charge in [0.25, 0.3) is 0 Å². The van der Waals surface area contributed by atoms with E-state index in [1.165, 1.54) is 6.42 Å². The SMILES string of the molecule is CNC(CCN(C)C(C)COC)C(C)(C)C. The summed E-state index contributed by atoms with van der Waals surface area (Å²) in [5.74, 6) is 0. The van der Waals surface area contributed by atoms with Gasteiger partial charge in [-0.25, -0.2) is 0 Å². The van der Waals surface area contributed by atoms with Crippen LogP contribution in [0.15, 0.2) is 0 Å². The highest BCUT2D eigenvalue weighted by Gasteiger charge is 2.23. The number of ether oxygens (including phenoxy) is 1. The van der Waals surface area contributed by atoms with Gasteiger partial charge in [0, 0.05) is 19.2 Å². The maximum atomic E-state index is 5.17. The van der Waals surface area contributed by atoms with E-state index in [-0.39, 0.29) is 0 Å². The molecule has 0 aliphatic carbocycles. The first kappa shape index (κ1) is 15.9. The van der Waals surface area contributed by atoms with E-state index < -0.39 is 0 Å². The molecule has 1 N–H and O–H groups in total. The second kappa shape index (κ2) is 7.25. The Bertz CT molecular complexity index is 177. The summed E-state index contributed by atoms with van der Waals surface area (Å²) in [6.45, 7) is 11.0. The highest BCUT2D eigenvalue weighted by atomic mass is 16.5. The molecular weight excluding hydrogens is 200 g/mol. The quantitative estimate of drug-likeness (QED) is 0.724. The second-order valence-corrected chi connectivity index (χ2v) is 5.78. The minimum absolute atomic E-state index is 0.320. The largest absolute Gasteiger partial charge is 0.383 e. The summed E-state index contributed by atoms with van der Waals surface area (Å²) < 4.78 is 5.17. The van der Waals surface area contributed by atoms with Gasteiger partial charge in [0.2, 0.25) is 0 Å². The standard InChI is InChI=1S/C13H30N2O/c1-11(10-16-7)15(6)9-8-12(14-5)13(2,3)4/h11-12,14H,8-10H2,1-7H3. The molecule has 0 bridgehead atoms. The van der Waals surface area contributed by atoms with Crippen LogP contribution in [0, 0.1) is 5.41 Å². The highest BCUT2D eigenvalue weighted by Crippen LogP contribution is 2.21. The van der Waals surface area contributed by atoms with Gasteiger partial charge in [-0.15, -0.1) is 0 Å². The molecule has 0 radical (unpaired) electrons. The minimum atomic E-state index is 0.320. The Hall–Kier alpha value is -0.120. The number of likely N-dealkylation sites (N-methyl/N-ethyl adjacent to an activating group) is 1. The van der Waals surface area contributed by atoms with E-state index in [4.69, 9.17) is 4.74 Å². The maximum Gasteiger partial charge on any atom is 0.0615 e. The molecule has 0 spiro atoms. The van der Waals surface area contributed by atoms with E-state index in [2.05, 4.69) is 52.0 Å². The Morgan fingerprint density at radius 3 is 2.25 bits per heavy atom. The summed E-state index contributed by atoms with van der Waals surface area (Å²) in [4.78, 5) is 2.36. The summed E-state index contributed by atoms with van der Waals surface area (Å²) in [5.41, 5.74) is 0.320. The molecule has 0 aromatic rings. The number of nitrogens with zero attached hydrogens (tertiary/aromatic N) is 1. The number of nitrogens with one attached hydrogen (secondary N) is 1. The van der Waals surface area contributed by atoms with Gasteiger partial charge in [0.15, 0.2) is 0 Å². The van der Waals surface area contributed by atoms with E-state index in [1.807, 2.05) is 0 Å². The zero-order valence-corrected chi connectivity index (χ0v) is 12.1. The van der Waals surface area contributed by atoms with Crippen LogP contribution in [0.3, 0.4) is 0 Å². The predicted molar refractivity (Wildman–Crippen MR) is 70.9 cm³/mol. The Labute approximate surface area is 102 Å². The molecule has 0 aliphatic rings. The van der Waals surface area contributed by atoms with Crippen molar-refractivity contribution in [1.82, 2.24) is 10.2 Å². The summed E-state index contributed by atoms with van der Waals surface area (Å²) in [7, 11) is 5.98. The van der Waals surface area contributed by atoms with E-state index >= 15 is 0 Å². The van der Waals surface area contributed by atoms with Gasteiger partial charge in [0.05, 0.1) is 6.61 Å². The average Bonchev–Trinajstić information content (AvgIpc) is 2.16.